The van der Waals surface area contributed by atoms with E-state index in [-0.39, 0.29) is 47.5 Å². The predicted molar refractivity (Wildman–Crippen MR) is 119 cm³/mol. The molecular formula is C22H21F5N4O3S. The van der Waals surface area contributed by atoms with Gasteiger partial charge in [-0.2, -0.15) is 13.2 Å². The van der Waals surface area contributed by atoms with E-state index < -0.39 is 47.2 Å². The fraction of sp³-hybridized carbons (Fsp3) is 0.409. The summed E-state index contributed by atoms with van der Waals surface area (Å²) in [6.45, 7) is -0.890. The molecule has 1 fully saturated rings. The van der Waals surface area contributed by atoms with Crippen LogP contribution in [0, 0.1) is 11.2 Å². The number of ether oxygens (including phenoxy) is 1. The molecule has 4 rings (SSSR count). The number of carbonyl (C=O) groups is 1. The Hall–Kier alpha value is -2.77. The van der Waals surface area contributed by atoms with Gasteiger partial charge in [-0.3, -0.25) is 9.78 Å². The van der Waals surface area contributed by atoms with E-state index in [1.807, 2.05) is 0 Å². The van der Waals surface area contributed by atoms with Crippen LogP contribution in [0.4, 0.5) is 27.6 Å². The number of nitrogens with zero attached hydrogens (tertiary/aromatic N) is 2. The number of halogens is 5. The van der Waals surface area contributed by atoms with Crippen LogP contribution in [-0.4, -0.2) is 52.9 Å². The van der Waals surface area contributed by atoms with Crippen molar-refractivity contribution in [2.45, 2.75) is 24.3 Å². The smallest absolute Gasteiger partial charge is 0.396 e. The minimum atomic E-state index is -4.61. The number of aliphatic hydroxyl groups excluding tert-OH is 1. The first-order valence-corrected chi connectivity index (χ1v) is 11.5. The molecule has 1 aromatic carbocycles. The van der Waals surface area contributed by atoms with Crippen molar-refractivity contribution in [3.63, 3.8) is 0 Å². The van der Waals surface area contributed by atoms with Gasteiger partial charge in [-0.05, 0) is 30.3 Å². The molecule has 13 heteroatoms. The van der Waals surface area contributed by atoms with Gasteiger partial charge >= 0.3 is 6.18 Å². The quantitative estimate of drug-likeness (QED) is 0.537. The van der Waals surface area contributed by atoms with E-state index in [0.29, 0.717) is 12.3 Å². The van der Waals surface area contributed by atoms with Gasteiger partial charge in [0.2, 0.25) is 0 Å². The van der Waals surface area contributed by atoms with Crippen LogP contribution in [0.1, 0.15) is 28.0 Å². The summed E-state index contributed by atoms with van der Waals surface area (Å²) in [5.41, 5.74) is 1.27. The van der Waals surface area contributed by atoms with Gasteiger partial charge in [0, 0.05) is 36.2 Å². The molecule has 0 spiro atoms. The van der Waals surface area contributed by atoms with Crippen LogP contribution >= 0.6 is 11.8 Å². The second-order valence-electron chi connectivity index (χ2n) is 8.30. The molecule has 3 unspecified atom stereocenters. The number of hydrogen-bond donors (Lipinski definition) is 3. The maximum Gasteiger partial charge on any atom is 0.417 e. The minimum Gasteiger partial charge on any atom is -0.396 e. The number of aromatic nitrogens is 1. The lowest BCUT2D eigenvalue weighted by Gasteiger charge is -2.49. The SMILES string of the molecule is NC1=NC2(c3cc(NC(=O)c4ccc(C(F)(F)F)cn4)ccc3F)COCCC(F)C2(CO)CS1. The van der Waals surface area contributed by atoms with E-state index in [2.05, 4.69) is 15.3 Å². The Labute approximate surface area is 201 Å². The molecule has 35 heavy (non-hydrogen) atoms. The summed E-state index contributed by atoms with van der Waals surface area (Å²) < 4.78 is 74.5. The Morgan fingerprint density at radius 3 is 2.74 bits per heavy atom. The van der Waals surface area contributed by atoms with Crippen molar-refractivity contribution in [1.82, 2.24) is 4.98 Å². The summed E-state index contributed by atoms with van der Waals surface area (Å²) in [5.74, 6) is -1.60. The third-order valence-electron chi connectivity index (χ3n) is 6.30. The van der Waals surface area contributed by atoms with Crippen molar-refractivity contribution in [1.29, 1.82) is 0 Å². The molecule has 2 aliphatic rings. The summed E-state index contributed by atoms with van der Waals surface area (Å²) in [6.07, 6.45) is -5.70. The lowest BCUT2D eigenvalue weighted by atomic mass is 9.64. The van der Waals surface area contributed by atoms with Gasteiger partial charge in [0.15, 0.2) is 5.17 Å². The lowest BCUT2D eigenvalue weighted by molar-refractivity contribution is -0.137. The predicted octanol–water partition coefficient (Wildman–Crippen LogP) is 3.49. The molecule has 2 aliphatic heterocycles. The number of rotatable bonds is 4. The first-order valence-electron chi connectivity index (χ1n) is 10.5. The molecule has 0 radical (unpaired) electrons. The first-order chi connectivity index (χ1) is 16.5. The van der Waals surface area contributed by atoms with Gasteiger partial charge in [-0.15, -0.1) is 0 Å². The third kappa shape index (κ3) is 4.47. The third-order valence-corrected chi connectivity index (χ3v) is 7.35. The van der Waals surface area contributed by atoms with E-state index in [9.17, 15) is 23.1 Å². The number of aliphatic hydroxyl groups is 1. The molecule has 3 atom stereocenters. The molecule has 1 amide bonds. The van der Waals surface area contributed by atoms with E-state index >= 15 is 8.78 Å². The monoisotopic (exact) mass is 516 g/mol. The minimum absolute atomic E-state index is 0.0227. The number of amides is 1. The Morgan fingerprint density at radius 2 is 2.09 bits per heavy atom. The Balaban J connectivity index is 1.73. The highest BCUT2D eigenvalue weighted by molar-refractivity contribution is 8.13. The summed E-state index contributed by atoms with van der Waals surface area (Å²) >= 11 is 1.05. The van der Waals surface area contributed by atoms with Gasteiger partial charge < -0.3 is 20.9 Å². The topological polar surface area (TPSA) is 110 Å². The van der Waals surface area contributed by atoms with Crippen molar-refractivity contribution in [3.05, 3.63) is 59.2 Å². The van der Waals surface area contributed by atoms with Crippen LogP contribution in [0.2, 0.25) is 0 Å². The molecule has 0 bridgehead atoms. The van der Waals surface area contributed by atoms with Crippen LogP contribution in [0.3, 0.4) is 0 Å². The fourth-order valence-electron chi connectivity index (χ4n) is 4.35. The molecule has 0 aliphatic carbocycles. The molecule has 1 saturated heterocycles. The average molecular weight is 516 g/mol. The number of fused-ring (bicyclic) bond motifs is 1. The van der Waals surface area contributed by atoms with E-state index in [4.69, 9.17) is 10.5 Å². The molecular weight excluding hydrogens is 495 g/mol. The zero-order valence-corrected chi connectivity index (χ0v) is 18.9. The number of nitrogens with one attached hydrogen (secondary N) is 1. The number of anilines is 1. The van der Waals surface area contributed by atoms with Crippen LogP contribution < -0.4 is 11.1 Å². The molecule has 3 heterocycles. The van der Waals surface area contributed by atoms with Gasteiger partial charge in [0.25, 0.3) is 5.91 Å². The summed E-state index contributed by atoms with van der Waals surface area (Å²) in [7, 11) is 0. The Bertz CT molecular complexity index is 1150. The lowest BCUT2D eigenvalue weighted by Crippen LogP contribution is -2.59. The van der Waals surface area contributed by atoms with Gasteiger partial charge in [0.1, 0.15) is 23.2 Å². The van der Waals surface area contributed by atoms with Crippen LogP contribution in [0.15, 0.2) is 41.5 Å². The van der Waals surface area contributed by atoms with Crippen molar-refractivity contribution in [2.24, 2.45) is 16.1 Å². The van der Waals surface area contributed by atoms with Crippen molar-refractivity contribution in [3.8, 4) is 0 Å². The second-order valence-corrected chi connectivity index (χ2v) is 9.30. The van der Waals surface area contributed by atoms with Crippen LogP contribution in [0.5, 0.6) is 0 Å². The van der Waals surface area contributed by atoms with Gasteiger partial charge in [-0.25, -0.2) is 13.8 Å². The first kappa shape index (κ1) is 25.3. The molecule has 1 aromatic heterocycles. The number of alkyl halides is 4. The molecule has 188 valence electrons. The Morgan fingerprint density at radius 1 is 1.31 bits per heavy atom. The number of amidine groups is 1. The normalized spacial score (nSPS) is 26.9. The maximum absolute atomic E-state index is 15.4. The van der Waals surface area contributed by atoms with Crippen LogP contribution in [-0.2, 0) is 16.5 Å². The number of benzene rings is 1. The zero-order valence-electron chi connectivity index (χ0n) is 18.1. The number of pyridine rings is 1. The average Bonchev–Trinajstić information content (AvgIpc) is 2.96. The molecule has 7 nitrogen and oxygen atoms in total. The number of hydrogen-bond acceptors (Lipinski definition) is 7. The highest BCUT2D eigenvalue weighted by atomic mass is 32.2. The molecule has 0 saturated carbocycles. The number of carbonyl (C=O) groups excluding carboxylic acids is 1. The number of nitrogens with two attached hydrogens (primary N) is 1. The molecule has 2 aromatic rings. The molecule has 4 N–H and O–H groups in total. The highest BCUT2D eigenvalue weighted by Crippen LogP contribution is 2.54. The van der Waals surface area contributed by atoms with Crippen molar-refractivity contribution in [2.75, 3.05) is 30.9 Å². The second kappa shape index (κ2) is 9.36. The van der Waals surface area contributed by atoms with E-state index in [0.717, 1.165) is 23.9 Å². The van der Waals surface area contributed by atoms with Crippen molar-refractivity contribution >= 4 is 28.5 Å². The number of aliphatic imine (C=N–C) groups is 1. The maximum atomic E-state index is 15.4. The Kier molecular flexibility index (Phi) is 6.77. The van der Waals surface area contributed by atoms with E-state index in [1.165, 1.54) is 12.1 Å². The van der Waals surface area contributed by atoms with Crippen molar-refractivity contribution < 1.29 is 36.6 Å². The standard InChI is InChI=1S/C22H21F5N4O3S/c23-15-3-2-13(30-18(33)16-4-1-12(8-29-16)22(25,26)27)7-14(15)21-10-34-6-5-17(24)20(21,9-32)11-35-19(28)31-21/h1-4,7-8,17,32H,5-6,9-11H2,(H2,28,31)(H,30,33). The fourth-order valence-corrected chi connectivity index (χ4v) is 5.49. The van der Waals surface area contributed by atoms with Crippen LogP contribution in [0.25, 0.3) is 0 Å². The van der Waals surface area contributed by atoms with Gasteiger partial charge in [0.05, 0.1) is 24.2 Å². The summed E-state index contributed by atoms with van der Waals surface area (Å²) in [6, 6.07) is 5.12. The number of thioether (sulfide) groups is 1. The summed E-state index contributed by atoms with van der Waals surface area (Å²) in [4.78, 5) is 20.5. The largest absolute Gasteiger partial charge is 0.417 e. The van der Waals surface area contributed by atoms with Gasteiger partial charge in [-0.1, -0.05) is 11.8 Å². The summed E-state index contributed by atoms with van der Waals surface area (Å²) in [5, 5.41) is 12.8. The van der Waals surface area contributed by atoms with E-state index in [1.54, 1.807) is 0 Å². The zero-order chi connectivity index (χ0) is 25.4. The highest BCUT2D eigenvalue weighted by Gasteiger charge is 2.61.